The van der Waals surface area contributed by atoms with Gasteiger partial charge in [-0.1, -0.05) is 39.7 Å². The van der Waals surface area contributed by atoms with Crippen LogP contribution in [0.4, 0.5) is 8.78 Å². The van der Waals surface area contributed by atoms with Crippen LogP contribution in [-0.2, 0) is 0 Å². The standard InChI is InChI=1S/C14H12BrClF2N2/c1-7-2-3-8(4-10(7)16)14(20-19)13-11(17)5-9(15)6-12(13)18/h2-6,14,20H,19H2,1H3. The summed E-state index contributed by atoms with van der Waals surface area (Å²) in [4.78, 5) is 0. The van der Waals surface area contributed by atoms with Gasteiger partial charge in [0.2, 0.25) is 0 Å². The Morgan fingerprint density at radius 1 is 1.20 bits per heavy atom. The number of rotatable bonds is 3. The summed E-state index contributed by atoms with van der Waals surface area (Å²) in [5.41, 5.74) is 3.75. The summed E-state index contributed by atoms with van der Waals surface area (Å²) >= 11 is 9.09. The van der Waals surface area contributed by atoms with Crippen molar-refractivity contribution in [1.29, 1.82) is 0 Å². The van der Waals surface area contributed by atoms with Crippen LogP contribution in [0.2, 0.25) is 5.02 Å². The van der Waals surface area contributed by atoms with E-state index in [1.54, 1.807) is 18.2 Å². The summed E-state index contributed by atoms with van der Waals surface area (Å²) in [5.74, 6) is 4.10. The average Bonchev–Trinajstić information content (AvgIpc) is 2.37. The minimum atomic E-state index is -0.818. The Balaban J connectivity index is 2.55. The van der Waals surface area contributed by atoms with Crippen LogP contribution in [0.15, 0.2) is 34.8 Å². The van der Waals surface area contributed by atoms with Crippen molar-refractivity contribution < 1.29 is 8.78 Å². The average molecular weight is 362 g/mol. The molecule has 0 saturated carbocycles. The van der Waals surface area contributed by atoms with Gasteiger partial charge in [-0.05, 0) is 36.2 Å². The highest BCUT2D eigenvalue weighted by molar-refractivity contribution is 9.10. The molecule has 6 heteroatoms. The van der Waals surface area contributed by atoms with E-state index in [2.05, 4.69) is 21.4 Å². The second-order valence-electron chi connectivity index (χ2n) is 4.39. The Kier molecular flexibility index (Phi) is 4.75. The molecule has 0 radical (unpaired) electrons. The van der Waals surface area contributed by atoms with Gasteiger partial charge in [0.15, 0.2) is 0 Å². The predicted molar refractivity (Wildman–Crippen MR) is 79.4 cm³/mol. The molecule has 0 aliphatic heterocycles. The first-order valence-electron chi connectivity index (χ1n) is 5.80. The van der Waals surface area contributed by atoms with Crippen LogP contribution in [0.3, 0.4) is 0 Å². The molecule has 2 rings (SSSR count). The van der Waals surface area contributed by atoms with E-state index in [1.807, 2.05) is 6.92 Å². The zero-order valence-electron chi connectivity index (χ0n) is 10.6. The second-order valence-corrected chi connectivity index (χ2v) is 5.71. The van der Waals surface area contributed by atoms with E-state index < -0.39 is 17.7 Å². The molecule has 0 bridgehead atoms. The molecule has 0 heterocycles. The molecule has 0 fully saturated rings. The van der Waals surface area contributed by atoms with E-state index in [0.29, 0.717) is 15.1 Å². The number of hydrazine groups is 1. The highest BCUT2D eigenvalue weighted by Crippen LogP contribution is 2.30. The lowest BCUT2D eigenvalue weighted by molar-refractivity contribution is 0.509. The van der Waals surface area contributed by atoms with Gasteiger partial charge in [-0.3, -0.25) is 5.84 Å². The van der Waals surface area contributed by atoms with Gasteiger partial charge in [-0.25, -0.2) is 14.2 Å². The number of nitrogens with one attached hydrogen (secondary N) is 1. The molecule has 20 heavy (non-hydrogen) atoms. The third kappa shape index (κ3) is 3.01. The lowest BCUT2D eigenvalue weighted by atomic mass is 9.97. The van der Waals surface area contributed by atoms with Crippen LogP contribution < -0.4 is 11.3 Å². The van der Waals surface area contributed by atoms with Crippen LogP contribution in [0.1, 0.15) is 22.7 Å². The van der Waals surface area contributed by atoms with Crippen molar-refractivity contribution in [2.75, 3.05) is 0 Å². The first-order valence-corrected chi connectivity index (χ1v) is 6.97. The molecule has 0 aliphatic carbocycles. The quantitative estimate of drug-likeness (QED) is 0.634. The van der Waals surface area contributed by atoms with E-state index in [9.17, 15) is 8.78 Å². The van der Waals surface area contributed by atoms with Gasteiger partial charge < -0.3 is 0 Å². The molecule has 0 saturated heterocycles. The van der Waals surface area contributed by atoms with Gasteiger partial charge >= 0.3 is 0 Å². The van der Waals surface area contributed by atoms with Crippen molar-refractivity contribution in [3.63, 3.8) is 0 Å². The fraction of sp³-hybridized carbons (Fsp3) is 0.143. The molecule has 1 unspecified atom stereocenters. The van der Waals surface area contributed by atoms with E-state index in [4.69, 9.17) is 17.4 Å². The molecule has 1 atom stereocenters. The maximum absolute atomic E-state index is 14.0. The van der Waals surface area contributed by atoms with Crippen molar-refractivity contribution in [3.05, 3.63) is 68.2 Å². The summed E-state index contributed by atoms with van der Waals surface area (Å²) in [6, 6.07) is 6.71. The van der Waals surface area contributed by atoms with Crippen molar-refractivity contribution in [3.8, 4) is 0 Å². The number of hydrogen-bond donors (Lipinski definition) is 2. The van der Waals surface area contributed by atoms with Gasteiger partial charge in [-0.15, -0.1) is 0 Å². The van der Waals surface area contributed by atoms with Gasteiger partial charge in [0.1, 0.15) is 11.6 Å². The Morgan fingerprint density at radius 2 is 1.80 bits per heavy atom. The van der Waals surface area contributed by atoms with Gasteiger partial charge in [0.25, 0.3) is 0 Å². The minimum absolute atomic E-state index is 0.143. The predicted octanol–water partition coefficient (Wildman–Crippen LogP) is 4.24. The number of benzene rings is 2. The highest BCUT2D eigenvalue weighted by Gasteiger charge is 2.22. The van der Waals surface area contributed by atoms with Crippen molar-refractivity contribution >= 4 is 27.5 Å². The summed E-state index contributed by atoms with van der Waals surface area (Å²) in [6.07, 6.45) is 0. The summed E-state index contributed by atoms with van der Waals surface area (Å²) in [6.45, 7) is 1.85. The van der Waals surface area contributed by atoms with Crippen LogP contribution in [0.25, 0.3) is 0 Å². The van der Waals surface area contributed by atoms with Crippen molar-refractivity contribution in [1.82, 2.24) is 5.43 Å². The third-order valence-electron chi connectivity index (χ3n) is 3.03. The number of nitrogens with two attached hydrogens (primary N) is 1. The van der Waals surface area contributed by atoms with Crippen LogP contribution >= 0.6 is 27.5 Å². The fourth-order valence-electron chi connectivity index (χ4n) is 1.96. The Morgan fingerprint density at radius 3 is 2.30 bits per heavy atom. The molecule has 0 spiro atoms. The zero-order chi connectivity index (χ0) is 14.9. The molecule has 2 nitrogen and oxygen atoms in total. The first kappa shape index (κ1) is 15.4. The lowest BCUT2D eigenvalue weighted by Crippen LogP contribution is -2.30. The fourth-order valence-corrected chi connectivity index (χ4v) is 2.55. The summed E-state index contributed by atoms with van der Waals surface area (Å²) < 4.78 is 28.4. The molecule has 0 aliphatic rings. The maximum Gasteiger partial charge on any atom is 0.132 e. The molecule has 2 aromatic rings. The lowest BCUT2D eigenvalue weighted by Gasteiger charge is -2.19. The van der Waals surface area contributed by atoms with Crippen LogP contribution in [0.5, 0.6) is 0 Å². The van der Waals surface area contributed by atoms with E-state index in [0.717, 1.165) is 5.56 Å². The summed E-state index contributed by atoms with van der Waals surface area (Å²) in [5, 5.41) is 0.515. The molecular weight excluding hydrogens is 350 g/mol. The first-order chi connectivity index (χ1) is 9.43. The normalized spacial score (nSPS) is 12.5. The van der Waals surface area contributed by atoms with E-state index in [1.165, 1.54) is 12.1 Å². The monoisotopic (exact) mass is 360 g/mol. The maximum atomic E-state index is 14.0. The molecule has 106 valence electrons. The van der Waals surface area contributed by atoms with E-state index >= 15 is 0 Å². The SMILES string of the molecule is Cc1ccc(C(NN)c2c(F)cc(Br)cc2F)cc1Cl. The third-order valence-corrected chi connectivity index (χ3v) is 3.89. The van der Waals surface area contributed by atoms with Crippen molar-refractivity contribution in [2.24, 2.45) is 5.84 Å². The van der Waals surface area contributed by atoms with Gasteiger partial charge in [0.05, 0.1) is 6.04 Å². The molecule has 2 aromatic carbocycles. The van der Waals surface area contributed by atoms with Crippen LogP contribution in [0, 0.1) is 18.6 Å². The minimum Gasteiger partial charge on any atom is -0.271 e. The largest absolute Gasteiger partial charge is 0.271 e. The Labute approximate surface area is 129 Å². The highest BCUT2D eigenvalue weighted by atomic mass is 79.9. The van der Waals surface area contributed by atoms with Crippen molar-refractivity contribution in [2.45, 2.75) is 13.0 Å². The smallest absolute Gasteiger partial charge is 0.132 e. The zero-order valence-corrected chi connectivity index (χ0v) is 12.9. The molecular formula is C14H12BrClF2N2. The summed E-state index contributed by atoms with van der Waals surface area (Å²) in [7, 11) is 0. The van der Waals surface area contributed by atoms with Gasteiger partial charge in [-0.2, -0.15) is 0 Å². The number of hydrogen-bond acceptors (Lipinski definition) is 2. The Bertz CT molecular complexity index is 626. The molecule has 0 aromatic heterocycles. The van der Waals surface area contributed by atoms with Crippen LogP contribution in [-0.4, -0.2) is 0 Å². The van der Waals surface area contributed by atoms with E-state index in [-0.39, 0.29) is 5.56 Å². The topological polar surface area (TPSA) is 38.0 Å². The molecule has 3 N–H and O–H groups in total. The number of aryl methyl sites for hydroxylation is 1. The molecule has 0 amide bonds. The van der Waals surface area contributed by atoms with Gasteiger partial charge in [0, 0.05) is 15.1 Å². The second kappa shape index (κ2) is 6.18. The Hall–Kier alpha value is -1.01. The number of halogens is 4.